The van der Waals surface area contributed by atoms with Crippen molar-refractivity contribution in [1.29, 1.82) is 0 Å². The minimum absolute atomic E-state index is 0.0460. The van der Waals surface area contributed by atoms with Crippen LogP contribution in [0.1, 0.15) is 155 Å². The lowest BCUT2D eigenvalue weighted by Gasteiger charge is -2.22. The van der Waals surface area contributed by atoms with Gasteiger partial charge in [-0.1, -0.05) is 122 Å². The summed E-state index contributed by atoms with van der Waals surface area (Å²) in [5.41, 5.74) is 0. The van der Waals surface area contributed by atoms with Gasteiger partial charge in [0.1, 0.15) is 0 Å². The summed E-state index contributed by atoms with van der Waals surface area (Å²) < 4.78 is 0. The molecule has 0 fully saturated rings. The summed E-state index contributed by atoms with van der Waals surface area (Å²) >= 11 is 0. The quantitative estimate of drug-likeness (QED) is 0.0865. The highest BCUT2D eigenvalue weighted by Gasteiger charge is 2.19. The van der Waals surface area contributed by atoms with Gasteiger partial charge in [0.05, 0.1) is 18.8 Å². The van der Waals surface area contributed by atoms with Crippen LogP contribution in [-0.4, -0.2) is 34.9 Å². The molecule has 4 nitrogen and oxygen atoms in total. The number of carbonyl (C=O) groups excluding carboxylic acids is 1. The Morgan fingerprint density at radius 2 is 1.12 bits per heavy atom. The van der Waals surface area contributed by atoms with E-state index in [1.54, 1.807) is 0 Å². The number of carbonyl (C=O) groups is 1. The first-order valence-corrected chi connectivity index (χ1v) is 14.9. The van der Waals surface area contributed by atoms with Crippen LogP contribution in [0.25, 0.3) is 0 Å². The fourth-order valence-electron chi connectivity index (χ4n) is 4.41. The van der Waals surface area contributed by atoms with E-state index < -0.39 is 12.1 Å². The Bertz CT molecular complexity index is 452. The van der Waals surface area contributed by atoms with Crippen LogP contribution in [0.4, 0.5) is 0 Å². The van der Waals surface area contributed by atoms with E-state index in [0.29, 0.717) is 12.8 Å². The third-order valence-corrected chi connectivity index (χ3v) is 6.78. The predicted molar refractivity (Wildman–Crippen MR) is 147 cm³/mol. The molecule has 0 unspecified atom stereocenters. The predicted octanol–water partition coefficient (Wildman–Crippen LogP) is 8.00. The summed E-state index contributed by atoms with van der Waals surface area (Å²) in [7, 11) is 0. The van der Waals surface area contributed by atoms with Gasteiger partial charge in [-0.25, -0.2) is 0 Å². The van der Waals surface area contributed by atoms with Crippen molar-refractivity contribution in [3.8, 4) is 0 Å². The van der Waals surface area contributed by atoms with Gasteiger partial charge in [0.15, 0.2) is 0 Å². The molecule has 34 heavy (non-hydrogen) atoms. The fourth-order valence-corrected chi connectivity index (χ4v) is 4.41. The largest absolute Gasteiger partial charge is 0.394 e. The summed E-state index contributed by atoms with van der Waals surface area (Å²) in [5.74, 6) is -0.0460. The number of hydrogen-bond donors (Lipinski definition) is 3. The molecule has 0 aliphatic carbocycles. The Hall–Kier alpha value is -0.870. The monoisotopic (exact) mass is 481 g/mol. The highest BCUT2D eigenvalue weighted by Crippen LogP contribution is 2.12. The van der Waals surface area contributed by atoms with Crippen molar-refractivity contribution >= 4 is 5.91 Å². The Morgan fingerprint density at radius 1 is 0.676 bits per heavy atom. The molecular formula is C30H59NO3. The van der Waals surface area contributed by atoms with Crippen LogP contribution in [0.2, 0.25) is 0 Å². The van der Waals surface area contributed by atoms with Crippen molar-refractivity contribution in [2.45, 2.75) is 167 Å². The number of nitrogens with one attached hydrogen (secondary N) is 1. The average Bonchev–Trinajstić information content (AvgIpc) is 2.84. The maximum atomic E-state index is 12.2. The molecule has 0 aliphatic heterocycles. The standard InChI is InChI=1S/C30H59NO3/c1-3-5-7-9-11-13-15-16-17-19-21-23-25-29(33)28(27-32)31-30(34)26-24-22-20-18-14-12-10-8-6-4-2/h16-17,28-29,32-33H,3-15,18-27H2,1-2H3,(H,31,34)/b17-16+/t28-,29+/m0/s1. The molecule has 0 radical (unpaired) electrons. The lowest BCUT2D eigenvalue weighted by atomic mass is 10.0. The van der Waals surface area contributed by atoms with Gasteiger partial charge in [-0.2, -0.15) is 0 Å². The van der Waals surface area contributed by atoms with Crippen molar-refractivity contribution in [3.63, 3.8) is 0 Å². The smallest absolute Gasteiger partial charge is 0.220 e. The van der Waals surface area contributed by atoms with Crippen molar-refractivity contribution in [3.05, 3.63) is 12.2 Å². The summed E-state index contributed by atoms with van der Waals surface area (Å²) in [5, 5.41) is 22.8. The Balaban J connectivity index is 3.66. The molecule has 1 amide bonds. The third kappa shape index (κ3) is 22.9. The Kier molecular flexibility index (Phi) is 26.0. The first kappa shape index (κ1) is 33.1. The van der Waals surface area contributed by atoms with Crippen LogP contribution in [0.15, 0.2) is 12.2 Å². The van der Waals surface area contributed by atoms with Gasteiger partial charge in [-0.3, -0.25) is 4.79 Å². The topological polar surface area (TPSA) is 69.6 Å². The molecule has 0 aliphatic rings. The minimum atomic E-state index is -0.672. The maximum Gasteiger partial charge on any atom is 0.220 e. The second kappa shape index (κ2) is 26.7. The van der Waals surface area contributed by atoms with Gasteiger partial charge < -0.3 is 15.5 Å². The number of unbranched alkanes of at least 4 members (excludes halogenated alkanes) is 17. The van der Waals surface area contributed by atoms with Crippen LogP contribution in [0.3, 0.4) is 0 Å². The second-order valence-electron chi connectivity index (χ2n) is 10.2. The van der Waals surface area contributed by atoms with E-state index in [-0.39, 0.29) is 12.5 Å². The normalized spacial score (nSPS) is 13.4. The first-order valence-electron chi connectivity index (χ1n) is 14.9. The van der Waals surface area contributed by atoms with E-state index in [2.05, 4.69) is 31.3 Å². The van der Waals surface area contributed by atoms with Gasteiger partial charge in [-0.05, 0) is 38.5 Å². The molecule has 0 saturated carbocycles. The number of allylic oxidation sites excluding steroid dienone is 2. The van der Waals surface area contributed by atoms with E-state index in [1.165, 1.54) is 96.3 Å². The van der Waals surface area contributed by atoms with Crippen molar-refractivity contribution in [2.75, 3.05) is 6.61 Å². The number of aliphatic hydroxyl groups is 2. The minimum Gasteiger partial charge on any atom is -0.394 e. The number of hydrogen-bond acceptors (Lipinski definition) is 3. The molecule has 0 aromatic rings. The summed E-state index contributed by atoms with van der Waals surface area (Å²) in [6.07, 6.45) is 29.6. The summed E-state index contributed by atoms with van der Waals surface area (Å²) in [6, 6.07) is -0.543. The van der Waals surface area contributed by atoms with Crippen LogP contribution in [-0.2, 0) is 4.79 Å². The Morgan fingerprint density at radius 3 is 1.62 bits per heavy atom. The number of aliphatic hydroxyl groups excluding tert-OH is 2. The highest BCUT2D eigenvalue weighted by atomic mass is 16.3. The molecule has 0 spiro atoms. The van der Waals surface area contributed by atoms with Crippen LogP contribution in [0.5, 0.6) is 0 Å². The lowest BCUT2D eigenvalue weighted by Crippen LogP contribution is -2.45. The van der Waals surface area contributed by atoms with E-state index >= 15 is 0 Å². The van der Waals surface area contributed by atoms with Crippen molar-refractivity contribution in [2.24, 2.45) is 0 Å². The zero-order valence-electron chi connectivity index (χ0n) is 22.9. The maximum absolute atomic E-state index is 12.2. The van der Waals surface area contributed by atoms with Crippen LogP contribution >= 0.6 is 0 Å². The van der Waals surface area contributed by atoms with Crippen LogP contribution < -0.4 is 5.32 Å². The summed E-state index contributed by atoms with van der Waals surface area (Å²) in [6.45, 7) is 4.29. The summed E-state index contributed by atoms with van der Waals surface area (Å²) in [4.78, 5) is 12.2. The molecular weight excluding hydrogens is 422 g/mol. The zero-order valence-corrected chi connectivity index (χ0v) is 22.9. The van der Waals surface area contributed by atoms with Gasteiger partial charge in [0.2, 0.25) is 5.91 Å². The van der Waals surface area contributed by atoms with Crippen LogP contribution in [0, 0.1) is 0 Å². The number of rotatable bonds is 26. The Labute approximate surface area is 212 Å². The third-order valence-electron chi connectivity index (χ3n) is 6.78. The first-order chi connectivity index (χ1) is 16.7. The molecule has 4 heteroatoms. The van der Waals surface area contributed by atoms with Gasteiger partial charge in [0, 0.05) is 6.42 Å². The molecule has 0 rings (SSSR count). The molecule has 202 valence electrons. The van der Waals surface area contributed by atoms with Crippen molar-refractivity contribution in [1.82, 2.24) is 5.32 Å². The second-order valence-corrected chi connectivity index (χ2v) is 10.2. The molecule has 0 saturated heterocycles. The molecule has 0 aromatic heterocycles. The average molecular weight is 482 g/mol. The van der Waals surface area contributed by atoms with E-state index in [9.17, 15) is 15.0 Å². The number of amides is 1. The molecule has 0 bridgehead atoms. The van der Waals surface area contributed by atoms with Gasteiger partial charge in [0.25, 0.3) is 0 Å². The highest BCUT2D eigenvalue weighted by molar-refractivity contribution is 5.76. The van der Waals surface area contributed by atoms with E-state index in [0.717, 1.165) is 32.1 Å². The molecule has 3 N–H and O–H groups in total. The van der Waals surface area contributed by atoms with E-state index in [4.69, 9.17) is 0 Å². The van der Waals surface area contributed by atoms with Gasteiger partial charge in [-0.15, -0.1) is 0 Å². The van der Waals surface area contributed by atoms with E-state index in [1.807, 2.05) is 0 Å². The fraction of sp³-hybridized carbons (Fsp3) is 0.900. The lowest BCUT2D eigenvalue weighted by molar-refractivity contribution is -0.123. The molecule has 0 heterocycles. The molecule has 2 atom stereocenters. The van der Waals surface area contributed by atoms with Crippen molar-refractivity contribution < 1.29 is 15.0 Å². The molecule has 0 aromatic carbocycles. The van der Waals surface area contributed by atoms with Gasteiger partial charge >= 0.3 is 0 Å². The zero-order chi connectivity index (χ0) is 25.1. The SMILES string of the molecule is CCCCCCCC/C=C/CCCC[C@@H](O)[C@H](CO)NC(=O)CCCCCCCCCCCC.